The predicted octanol–water partition coefficient (Wildman–Crippen LogP) is 5.11. The third-order valence-corrected chi connectivity index (χ3v) is 4.07. The minimum absolute atomic E-state index is 0.308. The molecule has 0 unspecified atom stereocenters. The van der Waals surface area contributed by atoms with Gasteiger partial charge in [-0.25, -0.2) is 0 Å². The van der Waals surface area contributed by atoms with Gasteiger partial charge in [-0.15, -0.1) is 0 Å². The Labute approximate surface area is 149 Å². The van der Waals surface area contributed by atoms with Crippen molar-refractivity contribution in [3.05, 3.63) is 108 Å². The molecule has 3 aromatic carbocycles. The van der Waals surface area contributed by atoms with Gasteiger partial charge in [-0.05, 0) is 28.8 Å². The van der Waals surface area contributed by atoms with Gasteiger partial charge in [0.2, 0.25) is 0 Å². The van der Waals surface area contributed by atoms with E-state index in [2.05, 4.69) is 65.6 Å². The van der Waals surface area contributed by atoms with Crippen LogP contribution in [0, 0.1) is 0 Å². The number of benzene rings is 3. The molecule has 25 heavy (non-hydrogen) atoms. The van der Waals surface area contributed by atoms with E-state index in [0.717, 1.165) is 19.6 Å². The molecule has 0 bridgehead atoms. The lowest BCUT2D eigenvalue weighted by Crippen LogP contribution is -2.22. The second kappa shape index (κ2) is 8.86. The largest absolute Gasteiger partial charge is 0.508 e. The molecular weight excluding hydrogens is 306 g/mol. The summed E-state index contributed by atoms with van der Waals surface area (Å²) in [7, 11) is 0. The molecule has 0 spiro atoms. The number of nitrogens with zero attached hydrogens (tertiary/aromatic N) is 1. The van der Waals surface area contributed by atoms with Crippen LogP contribution in [0.3, 0.4) is 0 Å². The Bertz CT molecular complexity index is 779. The first-order valence-corrected chi connectivity index (χ1v) is 8.55. The van der Waals surface area contributed by atoms with Crippen LogP contribution in [0.25, 0.3) is 6.08 Å². The van der Waals surface area contributed by atoms with Crippen molar-refractivity contribution in [1.82, 2.24) is 4.90 Å². The highest BCUT2D eigenvalue weighted by Gasteiger charge is 2.06. The zero-order valence-electron chi connectivity index (χ0n) is 14.3. The van der Waals surface area contributed by atoms with Gasteiger partial charge in [0.25, 0.3) is 0 Å². The molecule has 126 valence electrons. The highest BCUT2D eigenvalue weighted by Crippen LogP contribution is 2.14. The second-order valence-electron chi connectivity index (χ2n) is 6.13. The fraction of sp³-hybridized carbons (Fsp3) is 0.130. The van der Waals surface area contributed by atoms with Crippen molar-refractivity contribution in [2.45, 2.75) is 13.1 Å². The van der Waals surface area contributed by atoms with E-state index in [-0.39, 0.29) is 0 Å². The van der Waals surface area contributed by atoms with E-state index < -0.39 is 0 Å². The lowest BCUT2D eigenvalue weighted by atomic mass is 10.1. The molecule has 0 fully saturated rings. The Balaban J connectivity index is 1.69. The fourth-order valence-electron chi connectivity index (χ4n) is 2.79. The second-order valence-corrected chi connectivity index (χ2v) is 6.13. The monoisotopic (exact) mass is 329 g/mol. The molecule has 0 heterocycles. The third kappa shape index (κ3) is 5.63. The fourth-order valence-corrected chi connectivity index (χ4v) is 2.79. The molecule has 2 heteroatoms. The SMILES string of the molecule is Oc1ccc(CN(C/C=C/c2ccccc2)Cc2ccccc2)cc1. The van der Waals surface area contributed by atoms with E-state index in [1.54, 1.807) is 12.1 Å². The van der Waals surface area contributed by atoms with Gasteiger partial charge >= 0.3 is 0 Å². The van der Waals surface area contributed by atoms with Gasteiger partial charge in [-0.3, -0.25) is 4.90 Å². The number of phenols is 1. The maximum absolute atomic E-state index is 9.47. The van der Waals surface area contributed by atoms with Crippen LogP contribution in [-0.2, 0) is 13.1 Å². The van der Waals surface area contributed by atoms with Gasteiger partial charge in [-0.2, -0.15) is 0 Å². The minimum Gasteiger partial charge on any atom is -0.508 e. The zero-order chi connectivity index (χ0) is 17.3. The van der Waals surface area contributed by atoms with Crippen molar-refractivity contribution < 1.29 is 5.11 Å². The highest BCUT2D eigenvalue weighted by atomic mass is 16.3. The van der Waals surface area contributed by atoms with Crippen LogP contribution in [0.4, 0.5) is 0 Å². The average molecular weight is 329 g/mol. The van der Waals surface area contributed by atoms with E-state index in [1.165, 1.54) is 16.7 Å². The number of hydrogen-bond acceptors (Lipinski definition) is 2. The highest BCUT2D eigenvalue weighted by molar-refractivity contribution is 5.48. The summed E-state index contributed by atoms with van der Waals surface area (Å²) in [5.74, 6) is 0.308. The van der Waals surface area contributed by atoms with Gasteiger partial charge < -0.3 is 5.11 Å². The molecule has 0 atom stereocenters. The summed E-state index contributed by atoms with van der Waals surface area (Å²) in [6.45, 7) is 2.60. The molecule has 0 aliphatic rings. The third-order valence-electron chi connectivity index (χ3n) is 4.07. The first-order chi connectivity index (χ1) is 12.3. The molecule has 1 N–H and O–H groups in total. The summed E-state index contributed by atoms with van der Waals surface area (Å²) in [5.41, 5.74) is 3.71. The van der Waals surface area contributed by atoms with Crippen molar-refractivity contribution in [2.75, 3.05) is 6.54 Å². The smallest absolute Gasteiger partial charge is 0.115 e. The molecule has 0 aromatic heterocycles. The van der Waals surface area contributed by atoms with E-state index in [1.807, 2.05) is 24.3 Å². The maximum Gasteiger partial charge on any atom is 0.115 e. The van der Waals surface area contributed by atoms with E-state index >= 15 is 0 Å². The molecule has 0 saturated carbocycles. The van der Waals surface area contributed by atoms with E-state index in [9.17, 15) is 5.11 Å². The molecule has 0 radical (unpaired) electrons. The average Bonchev–Trinajstić information content (AvgIpc) is 2.65. The first kappa shape index (κ1) is 17.0. The van der Waals surface area contributed by atoms with Crippen LogP contribution in [0.1, 0.15) is 16.7 Å². The number of hydrogen-bond donors (Lipinski definition) is 1. The van der Waals surface area contributed by atoms with Gasteiger partial charge in [0, 0.05) is 19.6 Å². The van der Waals surface area contributed by atoms with Crippen molar-refractivity contribution in [1.29, 1.82) is 0 Å². The lowest BCUT2D eigenvalue weighted by Gasteiger charge is -2.21. The quantitative estimate of drug-likeness (QED) is 0.651. The summed E-state index contributed by atoms with van der Waals surface area (Å²) < 4.78 is 0. The van der Waals surface area contributed by atoms with Crippen LogP contribution in [0.2, 0.25) is 0 Å². The molecule has 3 aromatic rings. The number of aromatic hydroxyl groups is 1. The van der Waals surface area contributed by atoms with Crippen LogP contribution in [0.15, 0.2) is 91.0 Å². The molecule has 0 aliphatic carbocycles. The molecule has 3 rings (SSSR count). The Morgan fingerprint density at radius 1 is 0.680 bits per heavy atom. The minimum atomic E-state index is 0.308. The van der Waals surface area contributed by atoms with Crippen LogP contribution < -0.4 is 0 Å². The molecule has 0 saturated heterocycles. The Morgan fingerprint density at radius 2 is 1.24 bits per heavy atom. The van der Waals surface area contributed by atoms with E-state index in [4.69, 9.17) is 0 Å². The van der Waals surface area contributed by atoms with Gasteiger partial charge in [0.1, 0.15) is 5.75 Å². The summed E-state index contributed by atoms with van der Waals surface area (Å²) in [6, 6.07) is 28.3. The van der Waals surface area contributed by atoms with Crippen molar-refractivity contribution in [3.8, 4) is 5.75 Å². The standard InChI is InChI=1S/C23H23NO/c25-23-15-13-22(14-16-23)19-24(18-21-10-5-2-6-11-21)17-7-12-20-8-3-1-4-9-20/h1-16,25H,17-19H2/b12-7+. The topological polar surface area (TPSA) is 23.5 Å². The molecule has 0 amide bonds. The Morgan fingerprint density at radius 3 is 1.88 bits per heavy atom. The van der Waals surface area contributed by atoms with Gasteiger partial charge in [-0.1, -0.05) is 84.9 Å². The number of rotatable bonds is 7. The zero-order valence-corrected chi connectivity index (χ0v) is 14.3. The summed E-state index contributed by atoms with van der Waals surface area (Å²) in [4.78, 5) is 2.39. The normalized spacial score (nSPS) is 11.2. The Kier molecular flexibility index (Phi) is 6.02. The van der Waals surface area contributed by atoms with Crippen molar-refractivity contribution >= 4 is 6.08 Å². The summed E-state index contributed by atoms with van der Waals surface area (Å²) in [6.07, 6.45) is 4.37. The van der Waals surface area contributed by atoms with Crippen LogP contribution in [0.5, 0.6) is 5.75 Å². The first-order valence-electron chi connectivity index (χ1n) is 8.55. The predicted molar refractivity (Wildman–Crippen MR) is 104 cm³/mol. The van der Waals surface area contributed by atoms with Gasteiger partial charge in [0.15, 0.2) is 0 Å². The van der Waals surface area contributed by atoms with Crippen molar-refractivity contribution in [3.63, 3.8) is 0 Å². The lowest BCUT2D eigenvalue weighted by molar-refractivity contribution is 0.286. The molecule has 2 nitrogen and oxygen atoms in total. The van der Waals surface area contributed by atoms with Crippen LogP contribution >= 0.6 is 0 Å². The number of phenolic OH excluding ortho intramolecular Hbond substituents is 1. The summed E-state index contributed by atoms with van der Waals surface area (Å²) >= 11 is 0. The van der Waals surface area contributed by atoms with Gasteiger partial charge in [0.05, 0.1) is 0 Å². The molecule has 0 aliphatic heterocycles. The van der Waals surface area contributed by atoms with Crippen LogP contribution in [-0.4, -0.2) is 16.6 Å². The maximum atomic E-state index is 9.47. The molecular formula is C23H23NO. The van der Waals surface area contributed by atoms with Crippen molar-refractivity contribution in [2.24, 2.45) is 0 Å². The summed E-state index contributed by atoms with van der Waals surface area (Å²) in [5, 5.41) is 9.47. The van der Waals surface area contributed by atoms with E-state index in [0.29, 0.717) is 5.75 Å². The Hall–Kier alpha value is -2.84.